The van der Waals surface area contributed by atoms with Gasteiger partial charge in [0.1, 0.15) is 11.6 Å². The van der Waals surface area contributed by atoms with Gasteiger partial charge in [0, 0.05) is 43.3 Å². The number of H-pyrrole nitrogens is 1. The lowest BCUT2D eigenvalue weighted by Crippen LogP contribution is -2.45. The van der Waals surface area contributed by atoms with Crippen molar-refractivity contribution in [2.24, 2.45) is 0 Å². The minimum Gasteiger partial charge on any atom is -0.361 e. The monoisotopic (exact) mass is 387 g/mol. The summed E-state index contributed by atoms with van der Waals surface area (Å²) in [4.78, 5) is 24.5. The van der Waals surface area contributed by atoms with E-state index in [1.54, 1.807) is 18.2 Å². The van der Waals surface area contributed by atoms with Crippen molar-refractivity contribution in [1.82, 2.24) is 24.9 Å². The maximum atomic E-state index is 12.3. The highest BCUT2D eigenvalue weighted by Gasteiger charge is 2.20. The third-order valence-electron chi connectivity index (χ3n) is 5.12. The number of nitrogens with one attached hydrogen (secondary N) is 1. The van der Waals surface area contributed by atoms with Crippen LogP contribution in [0, 0.1) is 13.8 Å². The molecule has 0 atom stereocenters. The van der Waals surface area contributed by atoms with E-state index in [0.29, 0.717) is 28.3 Å². The van der Waals surface area contributed by atoms with Gasteiger partial charge in [-0.25, -0.2) is 4.98 Å². The molecule has 0 aliphatic carbocycles. The van der Waals surface area contributed by atoms with Crippen molar-refractivity contribution in [3.05, 3.63) is 56.4 Å². The van der Waals surface area contributed by atoms with Gasteiger partial charge in [-0.15, -0.1) is 0 Å². The molecule has 1 saturated heterocycles. The normalized spacial score (nSPS) is 16.3. The van der Waals surface area contributed by atoms with E-state index >= 15 is 0 Å². The lowest BCUT2D eigenvalue weighted by molar-refractivity contribution is 0.119. The predicted octanol–water partition coefficient (Wildman–Crippen LogP) is 2.50. The van der Waals surface area contributed by atoms with E-state index in [1.165, 1.54) is 5.56 Å². The molecule has 8 heteroatoms. The van der Waals surface area contributed by atoms with Crippen LogP contribution in [0.2, 0.25) is 5.02 Å². The molecule has 4 rings (SSSR count). The molecule has 142 valence electrons. The van der Waals surface area contributed by atoms with E-state index < -0.39 is 0 Å². The number of halogens is 1. The molecular formula is C19H22ClN5O2. The number of aromatic amines is 1. The van der Waals surface area contributed by atoms with Crippen molar-refractivity contribution in [3.8, 4) is 0 Å². The summed E-state index contributed by atoms with van der Waals surface area (Å²) in [5, 5.41) is 5.09. The summed E-state index contributed by atoms with van der Waals surface area (Å²) in [6, 6.07) is 5.20. The maximum absolute atomic E-state index is 12.3. The zero-order valence-electron chi connectivity index (χ0n) is 15.5. The number of hydrogen-bond donors (Lipinski definition) is 1. The highest BCUT2D eigenvalue weighted by atomic mass is 35.5. The molecule has 0 radical (unpaired) electrons. The third-order valence-corrected chi connectivity index (χ3v) is 5.35. The van der Waals surface area contributed by atoms with Crippen LogP contribution in [0.25, 0.3) is 10.9 Å². The lowest BCUT2D eigenvalue weighted by atomic mass is 10.2. The molecular weight excluding hydrogens is 366 g/mol. The van der Waals surface area contributed by atoms with Gasteiger partial charge in [-0.3, -0.25) is 14.6 Å². The largest absolute Gasteiger partial charge is 0.361 e. The topological polar surface area (TPSA) is 78.3 Å². The Hall–Kier alpha value is -2.22. The number of nitrogens with zero attached hydrogens (tertiary/aromatic N) is 4. The van der Waals surface area contributed by atoms with E-state index in [1.807, 2.05) is 13.8 Å². The summed E-state index contributed by atoms with van der Waals surface area (Å²) >= 11 is 5.97. The Morgan fingerprint density at radius 1 is 1.15 bits per heavy atom. The van der Waals surface area contributed by atoms with Gasteiger partial charge >= 0.3 is 0 Å². The second-order valence-electron chi connectivity index (χ2n) is 7.03. The van der Waals surface area contributed by atoms with E-state index in [0.717, 1.165) is 44.2 Å². The summed E-state index contributed by atoms with van der Waals surface area (Å²) in [5.74, 6) is 1.59. The summed E-state index contributed by atoms with van der Waals surface area (Å²) in [6.45, 7) is 9.19. The highest BCUT2D eigenvalue weighted by molar-refractivity contribution is 6.31. The van der Waals surface area contributed by atoms with E-state index in [-0.39, 0.29) is 5.56 Å². The first-order valence-corrected chi connectivity index (χ1v) is 9.42. The third kappa shape index (κ3) is 3.90. The predicted molar refractivity (Wildman–Crippen MR) is 104 cm³/mol. The van der Waals surface area contributed by atoms with Crippen molar-refractivity contribution in [1.29, 1.82) is 0 Å². The Bertz CT molecular complexity index is 1000. The molecule has 3 aromatic rings. The standard InChI is InChI=1S/C19H22ClN5O2/c1-12-16(13(2)27-23-12)10-24-5-7-25(8-6-24)11-18-21-17-4-3-14(20)9-15(17)19(26)22-18/h3-4,9H,5-8,10-11H2,1-2H3,(H,21,22,26). The van der Waals surface area contributed by atoms with Crippen LogP contribution in [0.3, 0.4) is 0 Å². The van der Waals surface area contributed by atoms with E-state index in [9.17, 15) is 4.79 Å². The van der Waals surface area contributed by atoms with Gasteiger partial charge in [0.25, 0.3) is 5.56 Å². The Morgan fingerprint density at radius 2 is 1.85 bits per heavy atom. The molecule has 1 aliphatic heterocycles. The van der Waals surface area contributed by atoms with Crippen LogP contribution in [0.15, 0.2) is 27.5 Å². The zero-order valence-corrected chi connectivity index (χ0v) is 16.2. The summed E-state index contributed by atoms with van der Waals surface area (Å²) in [6.07, 6.45) is 0. The molecule has 1 fully saturated rings. The van der Waals surface area contributed by atoms with Crippen molar-refractivity contribution in [3.63, 3.8) is 0 Å². The number of rotatable bonds is 4. The summed E-state index contributed by atoms with van der Waals surface area (Å²) in [7, 11) is 0. The molecule has 0 unspecified atom stereocenters. The van der Waals surface area contributed by atoms with Crippen LogP contribution in [0.1, 0.15) is 22.8 Å². The SMILES string of the molecule is Cc1noc(C)c1CN1CCN(Cc2nc3ccc(Cl)cc3c(=O)[nH]2)CC1. The summed E-state index contributed by atoms with van der Waals surface area (Å²) < 4.78 is 5.25. The molecule has 0 saturated carbocycles. The number of fused-ring (bicyclic) bond motifs is 1. The Balaban J connectivity index is 1.40. The maximum Gasteiger partial charge on any atom is 0.258 e. The Kier molecular flexibility index (Phi) is 4.99. The molecule has 1 N–H and O–H groups in total. The number of hydrogen-bond acceptors (Lipinski definition) is 6. The van der Waals surface area contributed by atoms with Gasteiger partial charge in [-0.05, 0) is 32.0 Å². The van der Waals surface area contributed by atoms with Gasteiger partial charge < -0.3 is 9.51 Å². The number of aryl methyl sites for hydroxylation is 2. The van der Waals surface area contributed by atoms with Gasteiger partial charge in [0.05, 0.1) is 23.1 Å². The molecule has 3 heterocycles. The van der Waals surface area contributed by atoms with Crippen molar-refractivity contribution in [2.45, 2.75) is 26.9 Å². The van der Waals surface area contributed by atoms with Gasteiger partial charge in [0.2, 0.25) is 0 Å². The van der Waals surface area contributed by atoms with Crippen molar-refractivity contribution in [2.75, 3.05) is 26.2 Å². The minimum atomic E-state index is -0.144. The average molecular weight is 388 g/mol. The lowest BCUT2D eigenvalue weighted by Gasteiger charge is -2.34. The van der Waals surface area contributed by atoms with E-state index in [2.05, 4.69) is 24.9 Å². The van der Waals surface area contributed by atoms with Crippen LogP contribution >= 0.6 is 11.6 Å². The minimum absolute atomic E-state index is 0.144. The summed E-state index contributed by atoms with van der Waals surface area (Å²) in [5.41, 5.74) is 2.68. The fraction of sp³-hybridized carbons (Fsp3) is 0.421. The molecule has 0 spiro atoms. The smallest absolute Gasteiger partial charge is 0.258 e. The Morgan fingerprint density at radius 3 is 2.52 bits per heavy atom. The number of piperazine rings is 1. The molecule has 2 aromatic heterocycles. The first-order valence-electron chi connectivity index (χ1n) is 9.04. The molecule has 0 bridgehead atoms. The van der Waals surface area contributed by atoms with Crippen LogP contribution in [-0.4, -0.2) is 51.1 Å². The van der Waals surface area contributed by atoms with Gasteiger partial charge in [-0.1, -0.05) is 16.8 Å². The second-order valence-corrected chi connectivity index (χ2v) is 7.47. The van der Waals surface area contributed by atoms with Gasteiger partial charge in [0.15, 0.2) is 0 Å². The van der Waals surface area contributed by atoms with Crippen molar-refractivity contribution >= 4 is 22.5 Å². The molecule has 1 aliphatic rings. The van der Waals surface area contributed by atoms with Crippen molar-refractivity contribution < 1.29 is 4.52 Å². The molecule has 1 aromatic carbocycles. The fourth-order valence-electron chi connectivity index (χ4n) is 3.50. The average Bonchev–Trinajstić information content (AvgIpc) is 2.96. The number of benzene rings is 1. The molecule has 0 amide bonds. The van der Waals surface area contributed by atoms with E-state index in [4.69, 9.17) is 16.1 Å². The first-order chi connectivity index (χ1) is 13.0. The number of aromatic nitrogens is 3. The first kappa shape index (κ1) is 18.2. The van der Waals surface area contributed by atoms with Crippen LogP contribution in [-0.2, 0) is 13.1 Å². The highest BCUT2D eigenvalue weighted by Crippen LogP contribution is 2.17. The molecule has 27 heavy (non-hydrogen) atoms. The Labute approximate surface area is 161 Å². The van der Waals surface area contributed by atoms with Crippen LogP contribution < -0.4 is 5.56 Å². The zero-order chi connectivity index (χ0) is 19.0. The van der Waals surface area contributed by atoms with Crippen LogP contribution in [0.5, 0.6) is 0 Å². The van der Waals surface area contributed by atoms with Gasteiger partial charge in [-0.2, -0.15) is 0 Å². The quantitative estimate of drug-likeness (QED) is 0.741. The molecule has 7 nitrogen and oxygen atoms in total. The fourth-order valence-corrected chi connectivity index (χ4v) is 3.67. The van der Waals surface area contributed by atoms with Crippen LogP contribution in [0.4, 0.5) is 0 Å². The second kappa shape index (κ2) is 7.42.